The van der Waals surface area contributed by atoms with Crippen LogP contribution in [0.25, 0.3) is 16.9 Å². The van der Waals surface area contributed by atoms with Crippen LogP contribution in [0.3, 0.4) is 0 Å². The molecule has 134 valence electrons. The number of fused-ring (bicyclic) bond motifs is 1. The van der Waals surface area contributed by atoms with E-state index in [1.807, 2.05) is 34.6 Å². The summed E-state index contributed by atoms with van der Waals surface area (Å²) in [6, 6.07) is 9.21. The van der Waals surface area contributed by atoms with E-state index < -0.39 is 0 Å². The highest BCUT2D eigenvalue weighted by Gasteiger charge is 2.23. The molecule has 6 heteroatoms. The first-order valence-corrected chi connectivity index (χ1v) is 9.31. The van der Waals surface area contributed by atoms with Crippen LogP contribution in [0.15, 0.2) is 36.5 Å². The molecule has 0 unspecified atom stereocenters. The van der Waals surface area contributed by atoms with Crippen LogP contribution in [0.5, 0.6) is 0 Å². The average molecular weight is 369 g/mol. The van der Waals surface area contributed by atoms with Gasteiger partial charge >= 0.3 is 0 Å². The van der Waals surface area contributed by atoms with Crippen LogP contribution in [-0.2, 0) is 0 Å². The minimum absolute atomic E-state index is 0.0600. The minimum Gasteiger partial charge on any atom is -0.339 e. The average Bonchev–Trinajstić information content (AvgIpc) is 2.98. The highest BCUT2D eigenvalue weighted by molar-refractivity contribution is 6.32. The number of likely N-dealkylation sites (tertiary alicyclic amines) is 1. The number of carbonyl (C=O) groups excluding carboxylic acids is 1. The predicted molar refractivity (Wildman–Crippen MR) is 103 cm³/mol. The molecule has 0 bridgehead atoms. The summed E-state index contributed by atoms with van der Waals surface area (Å²) in [5.74, 6) is 1.53. The Morgan fingerprint density at radius 2 is 2.00 bits per heavy atom. The molecule has 26 heavy (non-hydrogen) atoms. The largest absolute Gasteiger partial charge is 0.339 e. The molecule has 0 atom stereocenters. The van der Waals surface area contributed by atoms with Crippen molar-refractivity contribution in [1.82, 2.24) is 19.4 Å². The fraction of sp³-hybridized carbons (Fsp3) is 0.350. The number of benzene rings is 1. The first-order valence-electron chi connectivity index (χ1n) is 8.94. The van der Waals surface area contributed by atoms with Crippen molar-refractivity contribution in [2.75, 3.05) is 13.1 Å². The number of nitrogens with zero attached hydrogens (tertiary/aromatic N) is 4. The first-order chi connectivity index (χ1) is 12.5. The second-order valence-electron chi connectivity index (χ2n) is 6.98. The van der Waals surface area contributed by atoms with Crippen molar-refractivity contribution in [3.8, 4) is 5.69 Å². The zero-order valence-electron chi connectivity index (χ0n) is 14.9. The summed E-state index contributed by atoms with van der Waals surface area (Å²) < 4.78 is 1.91. The van der Waals surface area contributed by atoms with E-state index in [-0.39, 0.29) is 5.91 Å². The molecule has 1 aliphatic heterocycles. The van der Waals surface area contributed by atoms with Gasteiger partial charge in [-0.05, 0) is 56.0 Å². The fourth-order valence-corrected chi connectivity index (χ4v) is 3.73. The van der Waals surface area contributed by atoms with Gasteiger partial charge in [-0.2, -0.15) is 0 Å². The summed E-state index contributed by atoms with van der Waals surface area (Å²) in [5.41, 5.74) is 2.93. The minimum atomic E-state index is 0.0600. The van der Waals surface area contributed by atoms with E-state index in [4.69, 9.17) is 11.6 Å². The van der Waals surface area contributed by atoms with Gasteiger partial charge in [0, 0.05) is 24.8 Å². The van der Waals surface area contributed by atoms with Gasteiger partial charge in [-0.25, -0.2) is 9.97 Å². The number of amides is 1. The number of hydrogen-bond donors (Lipinski definition) is 0. The lowest BCUT2D eigenvalue weighted by molar-refractivity contribution is 0.0697. The Bertz CT molecular complexity index is 973. The molecule has 5 nitrogen and oxygen atoms in total. The molecule has 1 amide bonds. The number of carbonyl (C=O) groups is 1. The molecule has 0 spiro atoms. The van der Waals surface area contributed by atoms with Gasteiger partial charge in [0.15, 0.2) is 5.65 Å². The highest BCUT2D eigenvalue weighted by atomic mass is 35.5. The maximum absolute atomic E-state index is 12.9. The summed E-state index contributed by atoms with van der Waals surface area (Å²) >= 11 is 6.47. The molecule has 1 aromatic carbocycles. The van der Waals surface area contributed by atoms with E-state index in [1.165, 1.54) is 0 Å². The zero-order valence-corrected chi connectivity index (χ0v) is 15.7. The van der Waals surface area contributed by atoms with E-state index in [1.54, 1.807) is 18.3 Å². The normalized spacial score (nSPS) is 15.6. The third-order valence-electron chi connectivity index (χ3n) is 5.09. The van der Waals surface area contributed by atoms with Crippen molar-refractivity contribution in [2.24, 2.45) is 5.92 Å². The molecular formula is C20H21ClN4O. The lowest BCUT2D eigenvalue weighted by atomic mass is 9.98. The van der Waals surface area contributed by atoms with Gasteiger partial charge < -0.3 is 4.90 Å². The van der Waals surface area contributed by atoms with Crippen LogP contribution < -0.4 is 0 Å². The summed E-state index contributed by atoms with van der Waals surface area (Å²) in [4.78, 5) is 23.9. The van der Waals surface area contributed by atoms with Crippen LogP contribution in [0.1, 0.15) is 35.9 Å². The molecule has 2 aromatic heterocycles. The molecule has 4 rings (SSSR count). The lowest BCUT2D eigenvalue weighted by Gasteiger charge is -2.30. The molecular weight excluding hydrogens is 348 g/mol. The van der Waals surface area contributed by atoms with Crippen LogP contribution >= 0.6 is 11.6 Å². The van der Waals surface area contributed by atoms with E-state index in [0.29, 0.717) is 16.5 Å². The van der Waals surface area contributed by atoms with Gasteiger partial charge in [0.25, 0.3) is 5.91 Å². The fourth-order valence-electron chi connectivity index (χ4n) is 3.53. The number of halogens is 1. The number of aromatic nitrogens is 3. The van der Waals surface area contributed by atoms with Crippen LogP contribution in [0, 0.1) is 12.8 Å². The van der Waals surface area contributed by atoms with Gasteiger partial charge in [0.2, 0.25) is 0 Å². The van der Waals surface area contributed by atoms with E-state index >= 15 is 0 Å². The molecule has 0 N–H and O–H groups in total. The Morgan fingerprint density at radius 1 is 1.23 bits per heavy atom. The third kappa shape index (κ3) is 2.97. The number of imidazole rings is 1. The number of rotatable bonds is 2. The topological polar surface area (TPSA) is 51.0 Å². The van der Waals surface area contributed by atoms with Gasteiger partial charge in [0.1, 0.15) is 11.3 Å². The molecule has 3 aromatic rings. The molecule has 1 fully saturated rings. The number of aryl methyl sites for hydroxylation is 1. The van der Waals surface area contributed by atoms with Crippen molar-refractivity contribution in [3.05, 3.63) is 52.9 Å². The lowest BCUT2D eigenvalue weighted by Crippen LogP contribution is -2.37. The standard InChI is InChI=1S/C20H21ClN4O/c1-13-7-10-24(11-8-13)20(26)15-5-6-16(21)18(12-15)25-14(2)23-17-4-3-9-22-19(17)25/h3-6,9,12-13H,7-8,10-11H2,1-2H3. The van der Waals surface area contributed by atoms with Crippen LogP contribution in [0.4, 0.5) is 0 Å². The second-order valence-corrected chi connectivity index (χ2v) is 7.39. The second kappa shape index (κ2) is 6.72. The molecule has 0 aliphatic carbocycles. The SMILES string of the molecule is Cc1nc2cccnc2n1-c1cc(C(=O)N2CCC(C)CC2)ccc1Cl. The van der Waals surface area contributed by atoms with E-state index in [2.05, 4.69) is 16.9 Å². The number of pyridine rings is 1. The monoisotopic (exact) mass is 368 g/mol. The number of hydrogen-bond acceptors (Lipinski definition) is 3. The van der Waals surface area contributed by atoms with Gasteiger partial charge in [0.05, 0.1) is 10.7 Å². The maximum Gasteiger partial charge on any atom is 0.253 e. The zero-order chi connectivity index (χ0) is 18.3. The van der Waals surface area contributed by atoms with E-state index in [9.17, 15) is 4.79 Å². The molecule has 1 saturated heterocycles. The first kappa shape index (κ1) is 17.0. The van der Waals surface area contributed by atoms with Crippen molar-refractivity contribution < 1.29 is 4.79 Å². The highest BCUT2D eigenvalue weighted by Crippen LogP contribution is 2.28. The van der Waals surface area contributed by atoms with Crippen molar-refractivity contribution >= 4 is 28.7 Å². The Morgan fingerprint density at radius 3 is 2.77 bits per heavy atom. The third-order valence-corrected chi connectivity index (χ3v) is 5.41. The number of piperidine rings is 1. The Kier molecular flexibility index (Phi) is 4.41. The molecule has 0 saturated carbocycles. The maximum atomic E-state index is 12.9. The van der Waals surface area contributed by atoms with Gasteiger partial charge in [-0.1, -0.05) is 18.5 Å². The van der Waals surface area contributed by atoms with Gasteiger partial charge in [-0.3, -0.25) is 9.36 Å². The summed E-state index contributed by atoms with van der Waals surface area (Å²) in [7, 11) is 0. The Labute approximate surface area is 157 Å². The smallest absolute Gasteiger partial charge is 0.253 e. The Balaban J connectivity index is 1.75. The van der Waals surface area contributed by atoms with Crippen LogP contribution in [-0.4, -0.2) is 38.4 Å². The molecule has 3 heterocycles. The summed E-state index contributed by atoms with van der Waals surface area (Å²) in [6.45, 7) is 5.78. The molecule has 1 aliphatic rings. The summed E-state index contributed by atoms with van der Waals surface area (Å²) in [6.07, 6.45) is 3.85. The van der Waals surface area contributed by atoms with Crippen molar-refractivity contribution in [3.63, 3.8) is 0 Å². The van der Waals surface area contributed by atoms with Crippen molar-refractivity contribution in [2.45, 2.75) is 26.7 Å². The quantitative estimate of drug-likeness (QED) is 0.679. The van der Waals surface area contributed by atoms with Crippen LogP contribution in [0.2, 0.25) is 5.02 Å². The van der Waals surface area contributed by atoms with E-state index in [0.717, 1.165) is 48.6 Å². The predicted octanol–water partition coefficient (Wildman–Crippen LogP) is 4.25. The Hall–Kier alpha value is -2.40. The van der Waals surface area contributed by atoms with Crippen molar-refractivity contribution in [1.29, 1.82) is 0 Å². The summed E-state index contributed by atoms with van der Waals surface area (Å²) in [5, 5.41) is 0.571. The molecule has 0 radical (unpaired) electrons. The van der Waals surface area contributed by atoms with Gasteiger partial charge in [-0.15, -0.1) is 0 Å².